The summed E-state index contributed by atoms with van der Waals surface area (Å²) in [6, 6.07) is 0. The number of ether oxygens (including phenoxy) is 2. The van der Waals surface area contributed by atoms with Crippen LogP contribution in [0.5, 0.6) is 0 Å². The molecule has 0 heterocycles. The van der Waals surface area contributed by atoms with Crippen LogP contribution >= 0.6 is 0 Å². The highest BCUT2D eigenvalue weighted by molar-refractivity contribution is 5.81. The molecule has 2 unspecified atom stereocenters. The minimum Gasteiger partial charge on any atom is -0.469 e. The van der Waals surface area contributed by atoms with Crippen LogP contribution in [-0.4, -0.2) is 36.4 Å². The first-order chi connectivity index (χ1) is 13.5. The van der Waals surface area contributed by atoms with Gasteiger partial charge in [-0.3, -0.25) is 4.79 Å². The van der Waals surface area contributed by atoms with Gasteiger partial charge in [0.15, 0.2) is 0 Å². The lowest BCUT2D eigenvalue weighted by molar-refractivity contribution is -0.149. The van der Waals surface area contributed by atoms with Gasteiger partial charge in [0.1, 0.15) is 6.10 Å². The maximum Gasteiger partial charge on any atom is 0.330 e. The summed E-state index contributed by atoms with van der Waals surface area (Å²) in [5, 5.41) is 10.5. The lowest BCUT2D eigenvalue weighted by Gasteiger charge is -2.23. The van der Waals surface area contributed by atoms with E-state index in [1.54, 1.807) is 0 Å². The van der Waals surface area contributed by atoms with Gasteiger partial charge in [0.05, 0.1) is 13.2 Å². The van der Waals surface area contributed by atoms with Gasteiger partial charge in [0.25, 0.3) is 0 Å². The fourth-order valence-electron chi connectivity index (χ4n) is 3.27. The normalized spacial score (nSPS) is 13.0. The van der Waals surface area contributed by atoms with Crippen LogP contribution in [0.15, 0.2) is 12.7 Å². The Hall–Kier alpha value is -1.36. The second-order valence-electron chi connectivity index (χ2n) is 7.54. The summed E-state index contributed by atoms with van der Waals surface area (Å²) in [6.45, 7) is 5.64. The molecule has 0 amide bonds. The molecule has 0 aromatic carbocycles. The molecule has 0 radical (unpaired) electrons. The van der Waals surface area contributed by atoms with E-state index >= 15 is 0 Å². The number of hydrogen-bond donors (Lipinski definition) is 1. The van der Waals surface area contributed by atoms with Crippen LogP contribution in [0.2, 0.25) is 0 Å². The molecular weight excluding hydrogens is 356 g/mol. The van der Waals surface area contributed by atoms with Gasteiger partial charge in [-0.1, -0.05) is 77.7 Å². The predicted octanol–water partition coefficient (Wildman–Crippen LogP) is 5.49. The molecule has 5 nitrogen and oxygen atoms in total. The van der Waals surface area contributed by atoms with Crippen molar-refractivity contribution in [1.29, 1.82) is 0 Å². The Labute approximate surface area is 171 Å². The van der Waals surface area contributed by atoms with Crippen LogP contribution in [0.4, 0.5) is 0 Å². The zero-order valence-electron chi connectivity index (χ0n) is 18.1. The Balaban J connectivity index is 3.96. The molecule has 0 saturated heterocycles. The molecule has 0 bridgehead atoms. The summed E-state index contributed by atoms with van der Waals surface area (Å²) >= 11 is 0. The van der Waals surface area contributed by atoms with Crippen molar-refractivity contribution in [2.45, 2.75) is 115 Å². The molecule has 0 saturated carbocycles. The summed E-state index contributed by atoms with van der Waals surface area (Å²) in [5.41, 5.74) is 0. The van der Waals surface area contributed by atoms with Crippen molar-refractivity contribution in [1.82, 2.24) is 0 Å². The molecule has 0 rings (SSSR count). The molecule has 0 aliphatic heterocycles. The Bertz CT molecular complexity index is 408. The number of carbonyl (C=O) groups excluding carboxylic acids is 2. The van der Waals surface area contributed by atoms with Gasteiger partial charge in [0, 0.05) is 12.5 Å². The molecule has 0 aliphatic carbocycles. The van der Waals surface area contributed by atoms with Crippen LogP contribution in [-0.2, 0) is 19.1 Å². The SMILES string of the molecule is C=CC(=O)OC(CCCCCCCC)C(O)CCCCCCCCC(=O)OC. The Morgan fingerprint density at radius 2 is 1.43 bits per heavy atom. The monoisotopic (exact) mass is 398 g/mol. The van der Waals surface area contributed by atoms with Crippen LogP contribution in [0.25, 0.3) is 0 Å². The minimum absolute atomic E-state index is 0.145. The van der Waals surface area contributed by atoms with E-state index in [2.05, 4.69) is 18.2 Å². The third-order valence-electron chi connectivity index (χ3n) is 5.06. The van der Waals surface area contributed by atoms with Crippen LogP contribution < -0.4 is 0 Å². The predicted molar refractivity (Wildman–Crippen MR) is 113 cm³/mol. The fraction of sp³-hybridized carbons (Fsp3) is 0.826. The summed E-state index contributed by atoms with van der Waals surface area (Å²) in [7, 11) is 1.42. The highest BCUT2D eigenvalue weighted by atomic mass is 16.6. The number of rotatable bonds is 19. The smallest absolute Gasteiger partial charge is 0.330 e. The van der Waals surface area contributed by atoms with Gasteiger partial charge in [-0.15, -0.1) is 0 Å². The second-order valence-corrected chi connectivity index (χ2v) is 7.54. The molecule has 164 valence electrons. The quantitative estimate of drug-likeness (QED) is 0.177. The summed E-state index contributed by atoms with van der Waals surface area (Å²) in [4.78, 5) is 22.6. The molecular formula is C23H42O5. The van der Waals surface area contributed by atoms with Crippen molar-refractivity contribution in [3.63, 3.8) is 0 Å². The number of aliphatic hydroxyl groups is 1. The van der Waals surface area contributed by atoms with E-state index in [4.69, 9.17) is 4.74 Å². The van der Waals surface area contributed by atoms with Crippen LogP contribution in [0.3, 0.4) is 0 Å². The highest BCUT2D eigenvalue weighted by Crippen LogP contribution is 2.18. The Morgan fingerprint density at radius 3 is 2.00 bits per heavy atom. The van der Waals surface area contributed by atoms with Gasteiger partial charge in [-0.2, -0.15) is 0 Å². The van der Waals surface area contributed by atoms with E-state index < -0.39 is 18.2 Å². The van der Waals surface area contributed by atoms with Crippen LogP contribution in [0.1, 0.15) is 103 Å². The van der Waals surface area contributed by atoms with Crippen molar-refractivity contribution in [3.05, 3.63) is 12.7 Å². The van der Waals surface area contributed by atoms with E-state index in [-0.39, 0.29) is 5.97 Å². The molecule has 0 aromatic rings. The van der Waals surface area contributed by atoms with Gasteiger partial charge >= 0.3 is 11.9 Å². The summed E-state index contributed by atoms with van der Waals surface area (Å²) < 4.78 is 10.0. The van der Waals surface area contributed by atoms with E-state index in [1.165, 1.54) is 32.8 Å². The Morgan fingerprint density at radius 1 is 0.893 bits per heavy atom. The maximum absolute atomic E-state index is 11.6. The summed E-state index contributed by atoms with van der Waals surface area (Å²) in [6.07, 6.45) is 15.0. The van der Waals surface area contributed by atoms with Gasteiger partial charge < -0.3 is 14.6 Å². The van der Waals surface area contributed by atoms with Crippen molar-refractivity contribution in [2.75, 3.05) is 7.11 Å². The highest BCUT2D eigenvalue weighted by Gasteiger charge is 2.21. The van der Waals surface area contributed by atoms with Crippen LogP contribution in [0, 0.1) is 0 Å². The molecule has 0 fully saturated rings. The minimum atomic E-state index is -0.612. The molecule has 0 aliphatic rings. The van der Waals surface area contributed by atoms with E-state index in [0.717, 1.165) is 57.4 Å². The first kappa shape index (κ1) is 26.6. The van der Waals surface area contributed by atoms with Gasteiger partial charge in [0.2, 0.25) is 0 Å². The maximum atomic E-state index is 11.6. The van der Waals surface area contributed by atoms with Crippen molar-refractivity contribution in [2.24, 2.45) is 0 Å². The number of hydrogen-bond acceptors (Lipinski definition) is 5. The standard InChI is InChI=1S/C23H42O5/c1-4-6-7-8-12-15-18-21(28-22(25)5-2)20(24)17-14-11-9-10-13-16-19-23(26)27-3/h5,20-21,24H,2,4,6-19H2,1,3H3. The molecule has 28 heavy (non-hydrogen) atoms. The lowest BCUT2D eigenvalue weighted by Crippen LogP contribution is -2.31. The molecule has 5 heteroatoms. The second kappa shape index (κ2) is 19.0. The number of esters is 2. The average Bonchev–Trinajstić information content (AvgIpc) is 2.70. The first-order valence-electron chi connectivity index (χ1n) is 11.1. The van der Waals surface area contributed by atoms with E-state index in [9.17, 15) is 14.7 Å². The number of unbranched alkanes of at least 4 members (excludes halogenated alkanes) is 10. The van der Waals surface area contributed by atoms with E-state index in [0.29, 0.717) is 19.3 Å². The van der Waals surface area contributed by atoms with Crippen molar-refractivity contribution >= 4 is 11.9 Å². The van der Waals surface area contributed by atoms with E-state index in [1.807, 2.05) is 0 Å². The first-order valence-corrected chi connectivity index (χ1v) is 11.1. The van der Waals surface area contributed by atoms with Crippen molar-refractivity contribution < 1.29 is 24.2 Å². The third kappa shape index (κ3) is 15.7. The molecule has 1 N–H and O–H groups in total. The average molecular weight is 399 g/mol. The number of carbonyl (C=O) groups is 2. The third-order valence-corrected chi connectivity index (χ3v) is 5.06. The molecule has 0 spiro atoms. The molecule has 0 aromatic heterocycles. The van der Waals surface area contributed by atoms with Crippen molar-refractivity contribution in [3.8, 4) is 0 Å². The molecule has 2 atom stereocenters. The number of methoxy groups -OCH3 is 1. The summed E-state index contributed by atoms with van der Waals surface area (Å²) in [5.74, 6) is -0.603. The Kier molecular flexibility index (Phi) is 18.1. The zero-order valence-corrected chi connectivity index (χ0v) is 18.1. The largest absolute Gasteiger partial charge is 0.469 e. The zero-order chi connectivity index (χ0) is 21.0. The van der Waals surface area contributed by atoms with Gasteiger partial charge in [-0.05, 0) is 25.7 Å². The number of aliphatic hydroxyl groups excluding tert-OH is 1. The fourth-order valence-corrected chi connectivity index (χ4v) is 3.27. The van der Waals surface area contributed by atoms with Gasteiger partial charge in [-0.25, -0.2) is 4.79 Å². The lowest BCUT2D eigenvalue weighted by atomic mass is 9.99. The topological polar surface area (TPSA) is 72.8 Å².